The minimum atomic E-state index is -0.659. The zero-order chi connectivity index (χ0) is 19.5. The van der Waals surface area contributed by atoms with Gasteiger partial charge in [0.1, 0.15) is 5.75 Å². The number of nitrogens with one attached hydrogen (secondary N) is 1. The highest BCUT2D eigenvalue weighted by Crippen LogP contribution is 2.30. The zero-order valence-electron chi connectivity index (χ0n) is 15.1. The highest BCUT2D eigenvalue weighted by atomic mass is 35.5. The summed E-state index contributed by atoms with van der Waals surface area (Å²) in [5.41, 5.74) is 2.88. The summed E-state index contributed by atoms with van der Waals surface area (Å²) in [6.07, 6.45) is 1.43. The molecule has 144 valence electrons. The number of carbonyl (C=O) groups is 1. The van der Waals surface area contributed by atoms with Crippen LogP contribution in [0.5, 0.6) is 17.2 Å². The van der Waals surface area contributed by atoms with Gasteiger partial charge in [0, 0.05) is 12.0 Å². The Morgan fingerprint density at radius 1 is 1.07 bits per heavy atom. The molecule has 0 aliphatic carbocycles. The van der Waals surface area contributed by atoms with E-state index in [4.69, 9.17) is 25.8 Å². The van der Waals surface area contributed by atoms with E-state index >= 15 is 0 Å². The first-order chi connectivity index (χ1) is 13.2. The Balaban J connectivity index is 1.92. The molecule has 0 spiro atoms. The van der Waals surface area contributed by atoms with Crippen LogP contribution in [0.25, 0.3) is 0 Å². The van der Waals surface area contributed by atoms with Crippen LogP contribution in [0, 0.1) is 0 Å². The van der Waals surface area contributed by atoms with E-state index in [9.17, 15) is 4.79 Å². The van der Waals surface area contributed by atoms with E-state index < -0.39 is 6.09 Å². The maximum absolute atomic E-state index is 11.1. The first-order valence-corrected chi connectivity index (χ1v) is 8.57. The van der Waals surface area contributed by atoms with E-state index in [-0.39, 0.29) is 0 Å². The number of hydrazone groups is 1. The fourth-order valence-electron chi connectivity index (χ4n) is 2.13. The molecule has 0 atom stereocenters. The summed E-state index contributed by atoms with van der Waals surface area (Å²) in [5, 5.41) is 4.39. The van der Waals surface area contributed by atoms with Crippen LogP contribution in [0.2, 0.25) is 5.02 Å². The van der Waals surface area contributed by atoms with E-state index in [1.54, 1.807) is 31.4 Å². The summed E-state index contributed by atoms with van der Waals surface area (Å²) in [4.78, 5) is 11.1. The van der Waals surface area contributed by atoms with Gasteiger partial charge in [-0.1, -0.05) is 29.8 Å². The van der Waals surface area contributed by atoms with Gasteiger partial charge in [-0.15, -0.1) is 0 Å². The van der Waals surface area contributed by atoms with Crippen molar-refractivity contribution in [1.29, 1.82) is 0 Å². The number of nitrogens with zero attached hydrogens (tertiary/aromatic N) is 1. The van der Waals surface area contributed by atoms with Gasteiger partial charge in [-0.2, -0.15) is 5.10 Å². The smallest absolute Gasteiger partial charge is 0.427 e. The third-order valence-electron chi connectivity index (χ3n) is 3.40. The number of amides is 1. The summed E-state index contributed by atoms with van der Waals surface area (Å²) in [6.45, 7) is 0.850. The summed E-state index contributed by atoms with van der Waals surface area (Å²) in [6, 6.07) is 12.7. The highest BCUT2D eigenvalue weighted by Gasteiger charge is 2.09. The summed E-state index contributed by atoms with van der Waals surface area (Å²) in [7, 11) is 2.81. The molecule has 0 aliphatic heterocycles. The van der Waals surface area contributed by atoms with Crippen molar-refractivity contribution in [3.05, 3.63) is 53.1 Å². The van der Waals surface area contributed by atoms with E-state index in [2.05, 4.69) is 15.3 Å². The Labute approximate surface area is 162 Å². The first-order valence-electron chi connectivity index (χ1n) is 8.20. The lowest BCUT2D eigenvalue weighted by atomic mass is 10.2. The van der Waals surface area contributed by atoms with Crippen molar-refractivity contribution in [2.75, 3.05) is 27.4 Å². The number of carbonyl (C=O) groups excluding carboxylic acids is 1. The maximum Gasteiger partial charge on any atom is 0.427 e. The van der Waals surface area contributed by atoms with Gasteiger partial charge in [0.25, 0.3) is 0 Å². The van der Waals surface area contributed by atoms with Gasteiger partial charge in [-0.05, 0) is 24.3 Å². The molecule has 27 heavy (non-hydrogen) atoms. The summed E-state index contributed by atoms with van der Waals surface area (Å²) in [5.74, 6) is 1.72. The van der Waals surface area contributed by atoms with Crippen molar-refractivity contribution in [2.24, 2.45) is 5.10 Å². The molecule has 0 bridgehead atoms. The number of halogens is 1. The zero-order valence-corrected chi connectivity index (χ0v) is 15.9. The van der Waals surface area contributed by atoms with Gasteiger partial charge in [0.15, 0.2) is 11.5 Å². The van der Waals surface area contributed by atoms with Crippen LogP contribution >= 0.6 is 11.6 Å². The van der Waals surface area contributed by atoms with Crippen LogP contribution in [0.4, 0.5) is 4.79 Å². The Kier molecular flexibility index (Phi) is 8.25. The van der Waals surface area contributed by atoms with Crippen molar-refractivity contribution < 1.29 is 23.7 Å². The maximum atomic E-state index is 11.1. The average Bonchev–Trinajstić information content (AvgIpc) is 2.69. The molecule has 0 heterocycles. The van der Waals surface area contributed by atoms with Gasteiger partial charge in [0.2, 0.25) is 0 Å². The lowest BCUT2D eigenvalue weighted by Gasteiger charge is -2.13. The largest absolute Gasteiger partial charge is 0.493 e. The normalized spacial score (nSPS) is 10.5. The van der Waals surface area contributed by atoms with Gasteiger partial charge < -0.3 is 18.9 Å². The van der Waals surface area contributed by atoms with Crippen molar-refractivity contribution in [3.8, 4) is 17.2 Å². The molecule has 0 aliphatic rings. The van der Waals surface area contributed by atoms with Crippen LogP contribution in [0.1, 0.15) is 12.0 Å². The minimum Gasteiger partial charge on any atom is -0.493 e. The fourth-order valence-corrected chi connectivity index (χ4v) is 2.32. The molecule has 0 radical (unpaired) electrons. The number of ether oxygens (including phenoxy) is 4. The number of hydrogen-bond acceptors (Lipinski definition) is 6. The van der Waals surface area contributed by atoms with E-state index in [0.717, 1.165) is 0 Å². The first kappa shape index (κ1) is 20.4. The topological polar surface area (TPSA) is 78.4 Å². The molecule has 0 unspecified atom stereocenters. The van der Waals surface area contributed by atoms with Crippen LogP contribution in [0.15, 0.2) is 47.6 Å². The molecule has 0 aromatic heterocycles. The minimum absolute atomic E-state index is 0.399. The molecule has 2 rings (SSSR count). The third kappa shape index (κ3) is 6.38. The molecular weight excluding hydrogens is 372 g/mol. The molecule has 0 saturated carbocycles. The molecule has 1 amide bonds. The van der Waals surface area contributed by atoms with Gasteiger partial charge in [-0.3, -0.25) is 0 Å². The molecule has 0 saturated heterocycles. The van der Waals surface area contributed by atoms with Crippen LogP contribution in [-0.2, 0) is 4.74 Å². The standard InChI is InChI=1S/C19H21ClN2O5/c1-24-17-10-5-7-14(13-21-22-19(23)25-2)18(17)27-12-6-11-26-16-9-4-3-8-15(16)20/h3-5,7-10,13H,6,11-12H2,1-2H3,(H,22,23). The fraction of sp³-hybridized carbons (Fsp3) is 0.263. The van der Waals surface area contributed by atoms with Crippen LogP contribution in [0.3, 0.4) is 0 Å². The molecule has 7 nitrogen and oxygen atoms in total. The van der Waals surface area contributed by atoms with Crippen LogP contribution < -0.4 is 19.6 Å². The van der Waals surface area contributed by atoms with Gasteiger partial charge >= 0.3 is 6.09 Å². The molecule has 1 N–H and O–H groups in total. The quantitative estimate of drug-likeness (QED) is 0.398. The number of hydrogen-bond donors (Lipinski definition) is 1. The Morgan fingerprint density at radius 3 is 2.56 bits per heavy atom. The number of methoxy groups -OCH3 is 2. The summed E-state index contributed by atoms with van der Waals surface area (Å²) < 4.78 is 21.3. The number of rotatable bonds is 9. The molecule has 0 fully saturated rings. The lowest BCUT2D eigenvalue weighted by molar-refractivity contribution is 0.171. The molecule has 2 aromatic rings. The van der Waals surface area contributed by atoms with Crippen molar-refractivity contribution in [3.63, 3.8) is 0 Å². The second-order valence-electron chi connectivity index (χ2n) is 5.22. The van der Waals surface area contributed by atoms with Gasteiger partial charge in [-0.25, -0.2) is 10.2 Å². The number of benzene rings is 2. The number of para-hydroxylation sites is 2. The highest BCUT2D eigenvalue weighted by molar-refractivity contribution is 6.32. The van der Waals surface area contributed by atoms with E-state index in [0.29, 0.717) is 47.5 Å². The van der Waals surface area contributed by atoms with Gasteiger partial charge in [0.05, 0.1) is 38.7 Å². The Bertz CT molecular complexity index is 782. The monoisotopic (exact) mass is 392 g/mol. The Morgan fingerprint density at radius 2 is 1.81 bits per heavy atom. The van der Waals surface area contributed by atoms with E-state index in [1.165, 1.54) is 13.3 Å². The van der Waals surface area contributed by atoms with Crippen molar-refractivity contribution in [1.82, 2.24) is 5.43 Å². The summed E-state index contributed by atoms with van der Waals surface area (Å²) >= 11 is 6.05. The third-order valence-corrected chi connectivity index (χ3v) is 3.72. The molecule has 2 aromatic carbocycles. The Hall–Kier alpha value is -2.93. The molecule has 8 heteroatoms. The average molecular weight is 393 g/mol. The van der Waals surface area contributed by atoms with Crippen molar-refractivity contribution in [2.45, 2.75) is 6.42 Å². The predicted molar refractivity (Wildman–Crippen MR) is 103 cm³/mol. The molecular formula is C19H21ClN2O5. The second-order valence-corrected chi connectivity index (χ2v) is 5.63. The van der Waals surface area contributed by atoms with Crippen LogP contribution in [-0.4, -0.2) is 39.7 Å². The van der Waals surface area contributed by atoms with Crippen molar-refractivity contribution >= 4 is 23.9 Å². The SMILES string of the molecule is COC(=O)NN=Cc1cccc(OC)c1OCCCOc1ccccc1Cl. The lowest BCUT2D eigenvalue weighted by Crippen LogP contribution is -2.16. The van der Waals surface area contributed by atoms with E-state index in [1.807, 2.05) is 18.2 Å². The second kappa shape index (κ2) is 10.9. The predicted octanol–water partition coefficient (Wildman–Crippen LogP) is 3.89.